The van der Waals surface area contributed by atoms with Crippen molar-refractivity contribution in [2.75, 3.05) is 24.7 Å². The summed E-state index contributed by atoms with van der Waals surface area (Å²) in [5, 5.41) is 11.6. The van der Waals surface area contributed by atoms with Crippen LogP contribution in [0, 0.1) is 11.3 Å². The fraction of sp³-hybridized carbons (Fsp3) is 0.222. The number of hydrogen-bond acceptors (Lipinski definition) is 4. The minimum atomic E-state index is -0.122. The minimum absolute atomic E-state index is 0.122. The molecule has 118 valence electrons. The molecule has 0 atom stereocenters. The molecule has 0 aromatic heterocycles. The number of carbonyl (C=O) groups excluding carboxylic acids is 1. The van der Waals surface area contributed by atoms with Crippen LogP contribution in [-0.4, -0.2) is 25.8 Å². The first kappa shape index (κ1) is 16.9. The molecule has 0 radical (unpaired) electrons. The zero-order chi connectivity index (χ0) is 16.7. The number of amides is 1. The molecule has 0 heterocycles. The molecule has 0 bridgehead atoms. The lowest BCUT2D eigenvalue weighted by atomic mass is 10.1. The highest BCUT2D eigenvalue weighted by molar-refractivity contribution is 7.99. The van der Waals surface area contributed by atoms with Crippen LogP contribution in [-0.2, 0) is 6.54 Å². The third kappa shape index (κ3) is 4.76. The van der Waals surface area contributed by atoms with E-state index in [1.165, 1.54) is 11.8 Å². The molecule has 1 N–H and O–H groups in total. The van der Waals surface area contributed by atoms with Gasteiger partial charge in [0.15, 0.2) is 0 Å². The molecule has 2 aromatic rings. The first-order valence-electron chi connectivity index (χ1n) is 7.25. The molecule has 0 unspecified atom stereocenters. The Morgan fingerprint density at radius 1 is 1.17 bits per heavy atom. The number of carbonyl (C=O) groups is 1. The van der Waals surface area contributed by atoms with Gasteiger partial charge < -0.3 is 10.2 Å². The number of hydrogen-bond donors (Lipinski definition) is 1. The van der Waals surface area contributed by atoms with Crippen molar-refractivity contribution in [3.8, 4) is 6.07 Å². The molecule has 0 aliphatic heterocycles. The smallest absolute Gasteiger partial charge is 0.252 e. The first-order chi connectivity index (χ1) is 11.1. The Hall–Kier alpha value is -2.45. The largest absolute Gasteiger partial charge is 0.378 e. The number of anilines is 1. The summed E-state index contributed by atoms with van der Waals surface area (Å²) in [6.45, 7) is 0.476. The number of rotatable bonds is 6. The maximum absolute atomic E-state index is 12.4. The number of nitrogens with zero attached hydrogens (tertiary/aromatic N) is 2. The summed E-state index contributed by atoms with van der Waals surface area (Å²) in [4.78, 5) is 15.2. The summed E-state index contributed by atoms with van der Waals surface area (Å²) in [5.41, 5.74) is 2.78. The second-order valence-electron chi connectivity index (χ2n) is 5.19. The number of thioether (sulfide) groups is 1. The number of nitriles is 1. The van der Waals surface area contributed by atoms with E-state index in [4.69, 9.17) is 5.26 Å². The van der Waals surface area contributed by atoms with Crippen LogP contribution in [0.1, 0.15) is 15.9 Å². The van der Waals surface area contributed by atoms with E-state index in [0.29, 0.717) is 17.9 Å². The summed E-state index contributed by atoms with van der Waals surface area (Å²) in [6, 6.07) is 17.5. The highest BCUT2D eigenvalue weighted by atomic mass is 32.2. The quantitative estimate of drug-likeness (QED) is 0.828. The molecule has 0 aliphatic carbocycles. The van der Waals surface area contributed by atoms with Crippen molar-refractivity contribution in [1.29, 1.82) is 5.26 Å². The van der Waals surface area contributed by atoms with Gasteiger partial charge in [-0.3, -0.25) is 4.79 Å². The zero-order valence-corrected chi connectivity index (χ0v) is 14.1. The summed E-state index contributed by atoms with van der Waals surface area (Å²) >= 11 is 1.37. The predicted octanol–water partition coefficient (Wildman–Crippen LogP) is 3.30. The fourth-order valence-electron chi connectivity index (χ4n) is 2.08. The number of nitrogens with one attached hydrogen (secondary N) is 1. The molecule has 4 nitrogen and oxygen atoms in total. The van der Waals surface area contributed by atoms with Crippen LogP contribution in [0.25, 0.3) is 0 Å². The normalized spacial score (nSPS) is 9.96. The van der Waals surface area contributed by atoms with Crippen molar-refractivity contribution in [1.82, 2.24) is 5.32 Å². The average molecular weight is 325 g/mol. The van der Waals surface area contributed by atoms with E-state index in [0.717, 1.165) is 16.1 Å². The topological polar surface area (TPSA) is 56.1 Å². The average Bonchev–Trinajstić information content (AvgIpc) is 2.58. The monoisotopic (exact) mass is 325 g/mol. The van der Waals surface area contributed by atoms with Gasteiger partial charge in [0.2, 0.25) is 0 Å². The highest BCUT2D eigenvalue weighted by Crippen LogP contribution is 2.22. The van der Waals surface area contributed by atoms with Gasteiger partial charge in [0.05, 0.1) is 17.4 Å². The summed E-state index contributed by atoms with van der Waals surface area (Å²) in [7, 11) is 3.99. The second-order valence-corrected chi connectivity index (χ2v) is 6.20. The maximum Gasteiger partial charge on any atom is 0.252 e. The Morgan fingerprint density at radius 3 is 2.52 bits per heavy atom. The van der Waals surface area contributed by atoms with Gasteiger partial charge in [0.25, 0.3) is 5.91 Å². The lowest BCUT2D eigenvalue weighted by Crippen LogP contribution is -2.23. The van der Waals surface area contributed by atoms with E-state index in [-0.39, 0.29) is 5.91 Å². The van der Waals surface area contributed by atoms with E-state index >= 15 is 0 Å². The van der Waals surface area contributed by atoms with Gasteiger partial charge in [-0.05, 0) is 29.8 Å². The van der Waals surface area contributed by atoms with Gasteiger partial charge in [-0.25, -0.2) is 0 Å². The molecule has 0 spiro atoms. The lowest BCUT2D eigenvalue weighted by molar-refractivity contribution is 0.0948. The van der Waals surface area contributed by atoms with Crippen molar-refractivity contribution in [3.05, 3.63) is 59.7 Å². The minimum Gasteiger partial charge on any atom is -0.378 e. The van der Waals surface area contributed by atoms with E-state index in [2.05, 4.69) is 11.4 Å². The Labute approximate surface area is 141 Å². The van der Waals surface area contributed by atoms with E-state index in [1.54, 1.807) is 6.07 Å². The van der Waals surface area contributed by atoms with Crippen LogP contribution in [0.15, 0.2) is 53.4 Å². The molecule has 23 heavy (non-hydrogen) atoms. The fourth-order valence-corrected chi connectivity index (χ4v) is 2.79. The molecule has 5 heteroatoms. The van der Waals surface area contributed by atoms with Crippen molar-refractivity contribution in [3.63, 3.8) is 0 Å². The first-order valence-corrected chi connectivity index (χ1v) is 8.23. The zero-order valence-electron chi connectivity index (χ0n) is 13.2. The van der Waals surface area contributed by atoms with Gasteiger partial charge in [0.1, 0.15) is 0 Å². The van der Waals surface area contributed by atoms with Crippen LogP contribution in [0.3, 0.4) is 0 Å². The van der Waals surface area contributed by atoms with E-state index in [9.17, 15) is 4.79 Å². The molecular formula is C18H19N3OS. The van der Waals surface area contributed by atoms with E-state index in [1.807, 2.05) is 61.5 Å². The predicted molar refractivity (Wildman–Crippen MR) is 94.7 cm³/mol. The van der Waals surface area contributed by atoms with Crippen LogP contribution in [0.2, 0.25) is 0 Å². The van der Waals surface area contributed by atoms with Crippen molar-refractivity contribution >= 4 is 23.4 Å². The molecule has 0 fully saturated rings. The Balaban J connectivity index is 2.01. The third-order valence-corrected chi connectivity index (χ3v) is 4.27. The molecule has 1 amide bonds. The maximum atomic E-state index is 12.4. The standard InChI is InChI=1S/C18H19N3OS/c1-21(2)15-9-7-14(8-10-15)13-20-18(22)16-5-3-4-6-17(16)23-12-11-19/h3-10H,12-13H2,1-2H3,(H,20,22). The third-order valence-electron chi connectivity index (χ3n) is 3.33. The molecule has 0 saturated carbocycles. The lowest BCUT2D eigenvalue weighted by Gasteiger charge is -2.13. The van der Waals surface area contributed by atoms with Gasteiger partial charge in [-0.2, -0.15) is 5.26 Å². The molecule has 0 saturated heterocycles. The van der Waals surface area contributed by atoms with Crippen LogP contribution in [0.4, 0.5) is 5.69 Å². The summed E-state index contributed by atoms with van der Waals surface area (Å²) in [6.07, 6.45) is 0. The van der Waals surface area contributed by atoms with Gasteiger partial charge in [0, 0.05) is 31.2 Å². The summed E-state index contributed by atoms with van der Waals surface area (Å²) in [5.74, 6) is 0.207. The number of benzene rings is 2. The van der Waals surface area contributed by atoms with Crippen LogP contribution in [0.5, 0.6) is 0 Å². The molecule has 0 aliphatic rings. The highest BCUT2D eigenvalue weighted by Gasteiger charge is 2.10. The molecular weight excluding hydrogens is 306 g/mol. The van der Waals surface area contributed by atoms with Gasteiger partial charge in [-0.1, -0.05) is 24.3 Å². The van der Waals surface area contributed by atoms with Gasteiger partial charge >= 0.3 is 0 Å². The Bertz CT molecular complexity index is 705. The molecule has 2 aromatic carbocycles. The van der Waals surface area contributed by atoms with Crippen LogP contribution >= 0.6 is 11.8 Å². The Morgan fingerprint density at radius 2 is 1.87 bits per heavy atom. The van der Waals surface area contributed by atoms with Crippen LogP contribution < -0.4 is 10.2 Å². The van der Waals surface area contributed by atoms with Gasteiger partial charge in [-0.15, -0.1) is 11.8 Å². The molecule has 2 rings (SSSR count). The second kappa shape index (κ2) is 8.25. The van der Waals surface area contributed by atoms with Crippen molar-refractivity contribution < 1.29 is 4.79 Å². The van der Waals surface area contributed by atoms with Crippen molar-refractivity contribution in [2.24, 2.45) is 0 Å². The Kier molecular flexibility index (Phi) is 6.07. The van der Waals surface area contributed by atoms with E-state index < -0.39 is 0 Å². The SMILES string of the molecule is CN(C)c1ccc(CNC(=O)c2ccccc2SCC#N)cc1. The van der Waals surface area contributed by atoms with Crippen molar-refractivity contribution in [2.45, 2.75) is 11.4 Å². The summed E-state index contributed by atoms with van der Waals surface area (Å²) < 4.78 is 0.